The highest BCUT2D eigenvalue weighted by molar-refractivity contribution is 6.03. The summed E-state index contributed by atoms with van der Waals surface area (Å²) < 4.78 is 38.4. The number of nitrogens with zero attached hydrogens (tertiary/aromatic N) is 1. The molecule has 7 heteroatoms. The molecule has 0 fully saturated rings. The predicted octanol–water partition coefficient (Wildman–Crippen LogP) is 2.81. The molecule has 0 saturated heterocycles. The van der Waals surface area contributed by atoms with Gasteiger partial charge in [-0.2, -0.15) is 13.2 Å². The third kappa shape index (κ3) is 5.99. The van der Waals surface area contributed by atoms with Crippen molar-refractivity contribution in [2.75, 3.05) is 6.54 Å². The quantitative estimate of drug-likeness (QED) is 0.510. The van der Waals surface area contributed by atoms with Crippen molar-refractivity contribution in [2.24, 2.45) is 16.6 Å². The Hall–Kier alpha value is -2.31. The van der Waals surface area contributed by atoms with Gasteiger partial charge in [0.1, 0.15) is 0 Å². The lowest BCUT2D eigenvalue weighted by Crippen LogP contribution is -2.36. The Bertz CT molecular complexity index is 578. The second kappa shape index (κ2) is 7.63. The number of alkyl halides is 3. The molecule has 1 aromatic carbocycles. The molecule has 1 rings (SSSR count). The van der Waals surface area contributed by atoms with Crippen LogP contribution in [0, 0.1) is 5.92 Å². The molecule has 0 bridgehead atoms. The summed E-state index contributed by atoms with van der Waals surface area (Å²) in [4.78, 5) is 15.5. The van der Waals surface area contributed by atoms with E-state index in [1.54, 1.807) is 0 Å². The lowest BCUT2D eigenvalue weighted by atomic mass is 10.1. The summed E-state index contributed by atoms with van der Waals surface area (Å²) in [5.41, 5.74) is 4.60. The van der Waals surface area contributed by atoms with Crippen LogP contribution >= 0.6 is 0 Å². The van der Waals surface area contributed by atoms with E-state index in [1.807, 2.05) is 13.8 Å². The van der Waals surface area contributed by atoms with Crippen LogP contribution in [0.2, 0.25) is 0 Å². The monoisotopic (exact) mass is 313 g/mol. The number of amides is 1. The molecule has 0 unspecified atom stereocenters. The smallest absolute Gasteiger partial charge is 0.370 e. The van der Waals surface area contributed by atoms with Crippen molar-refractivity contribution in [3.8, 4) is 0 Å². The molecule has 4 nitrogen and oxygen atoms in total. The Balaban J connectivity index is 2.77. The summed E-state index contributed by atoms with van der Waals surface area (Å²) in [7, 11) is 0. The molecule has 3 N–H and O–H groups in total. The third-order valence-corrected chi connectivity index (χ3v) is 2.56. The number of halogens is 3. The van der Waals surface area contributed by atoms with Crippen molar-refractivity contribution in [3.63, 3.8) is 0 Å². The van der Waals surface area contributed by atoms with Crippen molar-refractivity contribution in [3.05, 3.63) is 41.5 Å². The number of guanidine groups is 1. The number of nitrogens with one attached hydrogen (secondary N) is 1. The molecule has 22 heavy (non-hydrogen) atoms. The van der Waals surface area contributed by atoms with Gasteiger partial charge in [0.2, 0.25) is 0 Å². The van der Waals surface area contributed by atoms with Crippen LogP contribution in [0.15, 0.2) is 35.3 Å². The van der Waals surface area contributed by atoms with Crippen LogP contribution in [0.1, 0.15) is 25.0 Å². The average Bonchev–Trinajstić information content (AvgIpc) is 2.42. The summed E-state index contributed by atoms with van der Waals surface area (Å²) in [6.45, 7) is 4.33. The second-order valence-electron chi connectivity index (χ2n) is 5.03. The normalized spacial score (nSPS) is 12.9. The molecule has 0 heterocycles. The molecule has 0 radical (unpaired) electrons. The number of carbonyl (C=O) groups is 1. The topological polar surface area (TPSA) is 67.5 Å². The molecule has 120 valence electrons. The molecule has 0 saturated carbocycles. The Morgan fingerprint density at radius 2 is 2.00 bits per heavy atom. The van der Waals surface area contributed by atoms with E-state index in [0.717, 1.165) is 18.2 Å². The summed E-state index contributed by atoms with van der Waals surface area (Å²) in [6.07, 6.45) is -2.40. The van der Waals surface area contributed by atoms with E-state index in [1.165, 1.54) is 18.2 Å². The first-order valence-electron chi connectivity index (χ1n) is 6.65. The Labute approximate surface area is 126 Å². The number of hydrogen-bond acceptors (Lipinski definition) is 2. The zero-order chi connectivity index (χ0) is 16.8. The van der Waals surface area contributed by atoms with Crippen LogP contribution < -0.4 is 11.1 Å². The first-order valence-corrected chi connectivity index (χ1v) is 6.65. The Morgan fingerprint density at radius 3 is 2.59 bits per heavy atom. The number of nitrogens with two attached hydrogens (primary N) is 1. The molecule has 0 aliphatic heterocycles. The molecule has 1 aromatic rings. The molecule has 0 aliphatic rings. The summed E-state index contributed by atoms with van der Waals surface area (Å²) in [6, 6.07) is 4.99. The van der Waals surface area contributed by atoms with Crippen LogP contribution in [-0.4, -0.2) is 18.4 Å². The van der Waals surface area contributed by atoms with Crippen LogP contribution in [0.5, 0.6) is 0 Å². The van der Waals surface area contributed by atoms with Crippen LogP contribution in [0.4, 0.5) is 13.2 Å². The number of hydrogen-bond donors (Lipinski definition) is 2. The first-order chi connectivity index (χ1) is 10.2. The SMILES string of the molecule is CC(C)CN=C(N)NC(=O)C=Cc1ccccc1C(F)(F)F. The fourth-order valence-corrected chi connectivity index (χ4v) is 1.55. The molecule has 1 amide bonds. The van der Waals surface area contributed by atoms with Gasteiger partial charge in [-0.05, 0) is 23.6 Å². The number of carbonyl (C=O) groups excluding carboxylic acids is 1. The molecular weight excluding hydrogens is 295 g/mol. The van der Waals surface area contributed by atoms with Crippen molar-refractivity contribution in [2.45, 2.75) is 20.0 Å². The molecule has 0 atom stereocenters. The van der Waals surface area contributed by atoms with Gasteiger partial charge < -0.3 is 5.73 Å². The van der Waals surface area contributed by atoms with Crippen molar-refractivity contribution >= 4 is 17.9 Å². The van der Waals surface area contributed by atoms with E-state index in [-0.39, 0.29) is 17.4 Å². The van der Waals surface area contributed by atoms with Gasteiger partial charge >= 0.3 is 6.18 Å². The molecule has 0 aliphatic carbocycles. The van der Waals surface area contributed by atoms with Gasteiger partial charge in [-0.15, -0.1) is 0 Å². The molecule has 0 spiro atoms. The first kappa shape index (κ1) is 17.7. The average molecular weight is 313 g/mol. The van der Waals surface area contributed by atoms with Gasteiger partial charge in [0, 0.05) is 12.6 Å². The van der Waals surface area contributed by atoms with Crippen LogP contribution in [0.25, 0.3) is 6.08 Å². The number of benzene rings is 1. The van der Waals surface area contributed by atoms with Crippen LogP contribution in [0.3, 0.4) is 0 Å². The fraction of sp³-hybridized carbons (Fsp3) is 0.333. The maximum absolute atomic E-state index is 12.8. The molecular formula is C15H18F3N3O. The van der Waals surface area contributed by atoms with E-state index in [9.17, 15) is 18.0 Å². The van der Waals surface area contributed by atoms with E-state index in [4.69, 9.17) is 5.73 Å². The van der Waals surface area contributed by atoms with Crippen molar-refractivity contribution < 1.29 is 18.0 Å². The Kier molecular flexibility index (Phi) is 6.15. The van der Waals surface area contributed by atoms with Crippen LogP contribution in [-0.2, 0) is 11.0 Å². The van der Waals surface area contributed by atoms with E-state index < -0.39 is 17.6 Å². The zero-order valence-electron chi connectivity index (χ0n) is 12.3. The minimum atomic E-state index is -4.48. The zero-order valence-corrected chi connectivity index (χ0v) is 12.3. The van der Waals surface area contributed by atoms with Gasteiger partial charge in [0.15, 0.2) is 5.96 Å². The van der Waals surface area contributed by atoms with Gasteiger partial charge in [0.25, 0.3) is 5.91 Å². The highest BCUT2D eigenvalue weighted by Crippen LogP contribution is 2.32. The van der Waals surface area contributed by atoms with E-state index in [2.05, 4.69) is 10.3 Å². The second-order valence-corrected chi connectivity index (χ2v) is 5.03. The summed E-state index contributed by atoms with van der Waals surface area (Å²) in [5, 5.41) is 2.28. The van der Waals surface area contributed by atoms with Crippen molar-refractivity contribution in [1.29, 1.82) is 0 Å². The number of rotatable bonds is 4. The van der Waals surface area contributed by atoms with Gasteiger partial charge in [-0.3, -0.25) is 15.1 Å². The summed E-state index contributed by atoms with van der Waals surface area (Å²) in [5.74, 6) is -0.418. The highest BCUT2D eigenvalue weighted by Gasteiger charge is 2.32. The maximum atomic E-state index is 12.8. The standard InChI is InChI=1S/C15H18F3N3O/c1-10(2)9-20-14(19)21-13(22)8-7-11-5-3-4-6-12(11)15(16,17)18/h3-8,10H,9H2,1-2H3,(H3,19,20,21,22). The predicted molar refractivity (Wildman–Crippen MR) is 79.9 cm³/mol. The van der Waals surface area contributed by atoms with E-state index in [0.29, 0.717) is 6.54 Å². The molecule has 0 aromatic heterocycles. The van der Waals surface area contributed by atoms with Gasteiger partial charge in [0.05, 0.1) is 5.56 Å². The maximum Gasteiger partial charge on any atom is 0.416 e. The Morgan fingerprint density at radius 1 is 1.36 bits per heavy atom. The third-order valence-electron chi connectivity index (χ3n) is 2.56. The van der Waals surface area contributed by atoms with E-state index >= 15 is 0 Å². The summed E-state index contributed by atoms with van der Waals surface area (Å²) >= 11 is 0. The van der Waals surface area contributed by atoms with Gasteiger partial charge in [-0.1, -0.05) is 32.0 Å². The largest absolute Gasteiger partial charge is 0.416 e. The van der Waals surface area contributed by atoms with Gasteiger partial charge in [-0.25, -0.2) is 0 Å². The minimum absolute atomic E-state index is 0.0625. The highest BCUT2D eigenvalue weighted by atomic mass is 19.4. The number of aliphatic imine (C=N–C) groups is 1. The lowest BCUT2D eigenvalue weighted by molar-refractivity contribution is -0.137. The minimum Gasteiger partial charge on any atom is -0.370 e. The fourth-order valence-electron chi connectivity index (χ4n) is 1.55. The van der Waals surface area contributed by atoms with Crippen molar-refractivity contribution in [1.82, 2.24) is 5.32 Å². The lowest BCUT2D eigenvalue weighted by Gasteiger charge is -2.09.